The maximum Gasteiger partial charge on any atom is 0.314 e. The van der Waals surface area contributed by atoms with E-state index in [9.17, 15) is 9.18 Å². The molecule has 1 N–H and O–H groups in total. The Bertz CT molecular complexity index is 656. The number of aromatic amines is 1. The zero-order valence-corrected chi connectivity index (χ0v) is 13.6. The fourth-order valence-corrected chi connectivity index (χ4v) is 2.35. The Morgan fingerprint density at radius 2 is 2.09 bits per heavy atom. The molecule has 0 unspecified atom stereocenters. The molecule has 2 aromatic rings. The average Bonchev–Trinajstić information content (AvgIpc) is 2.78. The normalized spacial score (nSPS) is 12.1. The number of nitrogens with one attached hydrogen (secondary N) is 1. The lowest BCUT2D eigenvalue weighted by atomic mass is 10.1. The van der Waals surface area contributed by atoms with Crippen LogP contribution in [0.15, 0.2) is 24.4 Å². The average molecular weight is 306 g/mol. The van der Waals surface area contributed by atoms with Crippen LogP contribution in [0.4, 0.5) is 4.39 Å². The highest BCUT2D eigenvalue weighted by molar-refractivity contribution is 5.91. The molecule has 0 saturated carbocycles. The highest BCUT2D eigenvalue weighted by Crippen LogP contribution is 2.30. The van der Waals surface area contributed by atoms with Gasteiger partial charge < -0.3 is 14.6 Å². The van der Waals surface area contributed by atoms with Gasteiger partial charge in [0.2, 0.25) is 0 Å². The number of esters is 1. The Kier molecular flexibility index (Phi) is 4.86. The first-order valence-electron chi connectivity index (χ1n) is 7.39. The van der Waals surface area contributed by atoms with Crippen LogP contribution in [-0.2, 0) is 11.2 Å². The number of hydrogen-bond acceptors (Lipinski definition) is 3. The highest BCUT2D eigenvalue weighted by atomic mass is 19.1. The molecule has 4 nitrogen and oxygen atoms in total. The number of nitrogens with zero attached hydrogens (tertiary/aromatic N) is 1. The van der Waals surface area contributed by atoms with Crippen molar-refractivity contribution in [2.75, 3.05) is 20.6 Å². The van der Waals surface area contributed by atoms with Crippen molar-refractivity contribution >= 4 is 16.9 Å². The summed E-state index contributed by atoms with van der Waals surface area (Å²) in [5.74, 6) is -0.0680. The Balaban J connectivity index is 2.25. The Labute approximate surface area is 130 Å². The van der Waals surface area contributed by atoms with Gasteiger partial charge >= 0.3 is 5.97 Å². The molecule has 1 aromatic carbocycles. The number of hydrogen-bond donors (Lipinski definition) is 1. The summed E-state index contributed by atoms with van der Waals surface area (Å²) in [6, 6.07) is 5.50. The summed E-state index contributed by atoms with van der Waals surface area (Å²) in [6.07, 6.45) is 2.52. The minimum absolute atomic E-state index is 0.263. The van der Waals surface area contributed by atoms with E-state index in [1.165, 1.54) is 13.8 Å². The summed E-state index contributed by atoms with van der Waals surface area (Å²) < 4.78 is 19.0. The standard InChI is InChI=1S/C17H23FN2O2/c1-17(2,18)10-15(21)22-14-7-5-6-13-16(14)12(11-19-13)8-9-20(3)4/h5-7,11,19H,8-10H2,1-4H3. The number of aromatic nitrogens is 1. The van der Waals surface area contributed by atoms with E-state index in [4.69, 9.17) is 4.74 Å². The molecule has 120 valence electrons. The van der Waals surface area contributed by atoms with Crippen LogP contribution in [0.3, 0.4) is 0 Å². The molecule has 0 aliphatic heterocycles. The minimum Gasteiger partial charge on any atom is -0.426 e. The number of halogens is 1. The van der Waals surface area contributed by atoms with Crippen molar-refractivity contribution in [3.05, 3.63) is 30.0 Å². The van der Waals surface area contributed by atoms with E-state index < -0.39 is 11.6 Å². The quantitative estimate of drug-likeness (QED) is 0.658. The van der Waals surface area contributed by atoms with Crippen LogP contribution in [0.2, 0.25) is 0 Å². The monoisotopic (exact) mass is 306 g/mol. The second-order valence-electron chi connectivity index (χ2n) is 6.42. The summed E-state index contributed by atoms with van der Waals surface area (Å²) in [4.78, 5) is 17.2. The van der Waals surface area contributed by atoms with Gasteiger partial charge in [-0.2, -0.15) is 0 Å². The molecule has 0 atom stereocenters. The first-order chi connectivity index (χ1) is 10.3. The molecule has 1 heterocycles. The summed E-state index contributed by atoms with van der Waals surface area (Å²) in [6.45, 7) is 3.63. The maximum atomic E-state index is 13.6. The predicted octanol–water partition coefficient (Wildman–Crippen LogP) is 3.32. The zero-order valence-electron chi connectivity index (χ0n) is 13.6. The Morgan fingerprint density at radius 3 is 2.73 bits per heavy atom. The number of carbonyl (C=O) groups excluding carboxylic acids is 1. The van der Waals surface area contributed by atoms with E-state index in [1.54, 1.807) is 6.07 Å². The Hall–Kier alpha value is -1.88. The number of rotatable bonds is 6. The lowest BCUT2D eigenvalue weighted by Crippen LogP contribution is -2.21. The van der Waals surface area contributed by atoms with Gasteiger partial charge in [0.1, 0.15) is 11.4 Å². The predicted molar refractivity (Wildman–Crippen MR) is 86.0 cm³/mol. The lowest BCUT2D eigenvalue weighted by molar-refractivity contribution is -0.136. The topological polar surface area (TPSA) is 45.3 Å². The van der Waals surface area contributed by atoms with E-state index in [0.29, 0.717) is 5.75 Å². The van der Waals surface area contributed by atoms with Gasteiger partial charge in [-0.15, -0.1) is 0 Å². The van der Waals surface area contributed by atoms with Crippen molar-refractivity contribution in [1.82, 2.24) is 9.88 Å². The van der Waals surface area contributed by atoms with Crippen molar-refractivity contribution in [3.8, 4) is 5.75 Å². The van der Waals surface area contributed by atoms with Crippen molar-refractivity contribution in [1.29, 1.82) is 0 Å². The molecule has 1 aromatic heterocycles. The van der Waals surface area contributed by atoms with Gasteiger partial charge in [-0.25, -0.2) is 4.39 Å². The van der Waals surface area contributed by atoms with E-state index in [2.05, 4.69) is 9.88 Å². The summed E-state index contributed by atoms with van der Waals surface area (Å²) in [5.41, 5.74) is 0.432. The number of fused-ring (bicyclic) bond motifs is 1. The molecule has 0 fully saturated rings. The van der Waals surface area contributed by atoms with Crippen molar-refractivity contribution in [2.24, 2.45) is 0 Å². The number of carbonyl (C=O) groups is 1. The molecule has 0 spiro atoms. The van der Waals surface area contributed by atoms with Gasteiger partial charge in [-0.05, 0) is 52.1 Å². The van der Waals surface area contributed by atoms with Crippen molar-refractivity contribution < 1.29 is 13.9 Å². The molecule has 0 amide bonds. The first kappa shape index (κ1) is 16.5. The second-order valence-corrected chi connectivity index (χ2v) is 6.42. The van der Waals surface area contributed by atoms with Crippen LogP contribution in [-0.4, -0.2) is 42.2 Å². The maximum absolute atomic E-state index is 13.6. The molecule has 0 saturated heterocycles. The molecule has 0 radical (unpaired) electrons. The fraction of sp³-hybridized carbons (Fsp3) is 0.471. The minimum atomic E-state index is -1.57. The van der Waals surface area contributed by atoms with Crippen molar-refractivity contribution in [2.45, 2.75) is 32.4 Å². The van der Waals surface area contributed by atoms with Crippen molar-refractivity contribution in [3.63, 3.8) is 0 Å². The molecule has 2 rings (SSSR count). The van der Waals surface area contributed by atoms with Crippen LogP contribution in [0.1, 0.15) is 25.8 Å². The van der Waals surface area contributed by atoms with Crippen LogP contribution in [0.25, 0.3) is 10.9 Å². The fourth-order valence-electron chi connectivity index (χ4n) is 2.35. The molecule has 0 bridgehead atoms. The molecule has 0 aliphatic carbocycles. The number of alkyl halides is 1. The van der Waals surface area contributed by atoms with Crippen LogP contribution >= 0.6 is 0 Å². The SMILES string of the molecule is CN(C)CCc1c[nH]c2cccc(OC(=O)CC(C)(C)F)c12. The van der Waals surface area contributed by atoms with Gasteiger partial charge in [0.05, 0.1) is 6.42 Å². The van der Waals surface area contributed by atoms with E-state index in [0.717, 1.165) is 29.4 Å². The molecule has 5 heteroatoms. The third kappa shape index (κ3) is 4.31. The molecular formula is C17H23FN2O2. The number of likely N-dealkylation sites (N-methyl/N-ethyl adjacent to an activating group) is 1. The molecular weight excluding hydrogens is 283 g/mol. The number of H-pyrrole nitrogens is 1. The summed E-state index contributed by atoms with van der Waals surface area (Å²) in [7, 11) is 4.03. The van der Waals surface area contributed by atoms with Crippen LogP contribution in [0.5, 0.6) is 5.75 Å². The number of benzene rings is 1. The van der Waals surface area contributed by atoms with Gasteiger partial charge in [-0.1, -0.05) is 6.07 Å². The van der Waals surface area contributed by atoms with Gasteiger partial charge in [0, 0.05) is 23.6 Å². The first-order valence-corrected chi connectivity index (χ1v) is 7.39. The summed E-state index contributed by atoms with van der Waals surface area (Å²) in [5, 5.41) is 0.898. The lowest BCUT2D eigenvalue weighted by Gasteiger charge is -2.14. The third-order valence-corrected chi connectivity index (χ3v) is 3.37. The second kappa shape index (κ2) is 6.48. The molecule has 0 aliphatic rings. The largest absolute Gasteiger partial charge is 0.426 e. The van der Waals surface area contributed by atoms with E-state index in [-0.39, 0.29) is 6.42 Å². The smallest absolute Gasteiger partial charge is 0.314 e. The van der Waals surface area contributed by atoms with Gasteiger partial charge in [0.25, 0.3) is 0 Å². The summed E-state index contributed by atoms with van der Waals surface area (Å²) >= 11 is 0. The molecule has 22 heavy (non-hydrogen) atoms. The van der Waals surface area contributed by atoms with Crippen LogP contribution in [0, 0.1) is 0 Å². The van der Waals surface area contributed by atoms with E-state index in [1.807, 2.05) is 32.4 Å². The Morgan fingerprint density at radius 1 is 1.36 bits per heavy atom. The number of ether oxygens (including phenoxy) is 1. The van der Waals surface area contributed by atoms with E-state index >= 15 is 0 Å². The van der Waals surface area contributed by atoms with Gasteiger partial charge in [0.15, 0.2) is 0 Å². The zero-order chi connectivity index (χ0) is 16.3. The van der Waals surface area contributed by atoms with Gasteiger partial charge in [-0.3, -0.25) is 4.79 Å². The highest BCUT2D eigenvalue weighted by Gasteiger charge is 2.23. The third-order valence-electron chi connectivity index (χ3n) is 3.37. The van der Waals surface area contributed by atoms with Crippen LogP contribution < -0.4 is 4.74 Å².